The fourth-order valence-electron chi connectivity index (χ4n) is 1.98. The Morgan fingerprint density at radius 2 is 1.71 bits per heavy atom. The number of aliphatic hydroxyl groups is 1. The van der Waals surface area contributed by atoms with Gasteiger partial charge in [-0.3, -0.25) is 4.57 Å². The molecule has 1 rings (SSSR count). The van der Waals surface area contributed by atoms with Gasteiger partial charge in [-0.25, -0.2) is 0 Å². The summed E-state index contributed by atoms with van der Waals surface area (Å²) in [5.41, 5.74) is 0. The van der Waals surface area contributed by atoms with Gasteiger partial charge in [0.25, 0.3) is 0 Å². The van der Waals surface area contributed by atoms with Gasteiger partial charge >= 0.3 is 7.60 Å². The lowest BCUT2D eigenvalue weighted by molar-refractivity contribution is 0.108. The molecular weight excluding hydrogens is 203 g/mol. The first-order valence-electron chi connectivity index (χ1n) is 5.03. The molecule has 0 aliphatic heterocycles. The molecule has 0 saturated heterocycles. The minimum atomic E-state index is -3.29. The van der Waals surface area contributed by atoms with Crippen LogP contribution >= 0.6 is 7.60 Å². The molecule has 4 nitrogen and oxygen atoms in total. The summed E-state index contributed by atoms with van der Waals surface area (Å²) >= 11 is 0. The van der Waals surface area contributed by atoms with Crippen molar-refractivity contribution in [2.75, 3.05) is 14.2 Å². The summed E-state index contributed by atoms with van der Waals surface area (Å²) < 4.78 is 21.4. The van der Waals surface area contributed by atoms with Gasteiger partial charge in [0.15, 0.2) is 5.85 Å². The predicted molar refractivity (Wildman–Crippen MR) is 54.2 cm³/mol. The van der Waals surface area contributed by atoms with E-state index < -0.39 is 13.4 Å². The minimum absolute atomic E-state index is 0.0643. The molecule has 1 aliphatic rings. The van der Waals surface area contributed by atoms with E-state index in [1.54, 1.807) is 0 Å². The molecule has 14 heavy (non-hydrogen) atoms. The van der Waals surface area contributed by atoms with Gasteiger partial charge < -0.3 is 14.2 Å². The zero-order chi connectivity index (χ0) is 10.6. The smallest absolute Gasteiger partial charge is 0.358 e. The highest BCUT2D eigenvalue weighted by Crippen LogP contribution is 2.54. The van der Waals surface area contributed by atoms with E-state index in [2.05, 4.69) is 0 Å². The van der Waals surface area contributed by atoms with Gasteiger partial charge in [0.05, 0.1) is 0 Å². The first-order chi connectivity index (χ1) is 6.64. The summed E-state index contributed by atoms with van der Waals surface area (Å²) in [6.45, 7) is 0. The summed E-state index contributed by atoms with van der Waals surface area (Å²) in [4.78, 5) is 0. The maximum absolute atomic E-state index is 11.9. The molecule has 0 radical (unpaired) electrons. The maximum Gasteiger partial charge on any atom is 0.358 e. The van der Waals surface area contributed by atoms with Gasteiger partial charge in [-0.15, -0.1) is 0 Å². The molecule has 0 spiro atoms. The quantitative estimate of drug-likeness (QED) is 0.742. The molecule has 0 unspecified atom stereocenters. The van der Waals surface area contributed by atoms with Crippen molar-refractivity contribution in [2.24, 2.45) is 5.92 Å². The molecule has 0 aromatic carbocycles. The number of hydrogen-bond donors (Lipinski definition) is 1. The molecule has 84 valence electrons. The van der Waals surface area contributed by atoms with Crippen LogP contribution < -0.4 is 0 Å². The highest BCUT2D eigenvalue weighted by molar-refractivity contribution is 7.54. The molecule has 0 amide bonds. The molecule has 1 N–H and O–H groups in total. The molecule has 1 aliphatic carbocycles. The Morgan fingerprint density at radius 3 is 2.14 bits per heavy atom. The lowest BCUT2D eigenvalue weighted by atomic mass is 9.90. The van der Waals surface area contributed by atoms with Gasteiger partial charge in [-0.2, -0.15) is 0 Å². The molecule has 0 heterocycles. The minimum Gasteiger partial charge on any atom is -0.380 e. The van der Waals surface area contributed by atoms with E-state index in [4.69, 9.17) is 9.05 Å². The van der Waals surface area contributed by atoms with E-state index >= 15 is 0 Å². The van der Waals surface area contributed by atoms with Crippen molar-refractivity contribution in [2.45, 2.75) is 37.9 Å². The van der Waals surface area contributed by atoms with Gasteiger partial charge in [0.1, 0.15) is 0 Å². The second-order valence-corrected chi connectivity index (χ2v) is 6.06. The number of hydrogen-bond acceptors (Lipinski definition) is 4. The lowest BCUT2D eigenvalue weighted by Crippen LogP contribution is -2.24. The Morgan fingerprint density at radius 1 is 1.21 bits per heavy atom. The molecule has 0 bridgehead atoms. The Labute approximate surface area is 85.1 Å². The summed E-state index contributed by atoms with van der Waals surface area (Å²) in [5.74, 6) is -0.896. The second kappa shape index (κ2) is 5.26. The third-order valence-corrected chi connectivity index (χ3v) is 4.99. The Kier molecular flexibility index (Phi) is 4.58. The van der Waals surface area contributed by atoms with E-state index in [0.29, 0.717) is 0 Å². The molecule has 5 heteroatoms. The molecular formula is C9H19O4P. The van der Waals surface area contributed by atoms with Crippen LogP contribution in [-0.2, 0) is 13.6 Å². The largest absolute Gasteiger partial charge is 0.380 e. The van der Waals surface area contributed by atoms with E-state index in [-0.39, 0.29) is 5.92 Å². The van der Waals surface area contributed by atoms with Crippen molar-refractivity contribution in [3.8, 4) is 0 Å². The van der Waals surface area contributed by atoms with E-state index in [0.717, 1.165) is 25.7 Å². The Hall–Kier alpha value is 0.110. The highest BCUT2D eigenvalue weighted by atomic mass is 31.2. The van der Waals surface area contributed by atoms with E-state index in [1.165, 1.54) is 20.6 Å². The van der Waals surface area contributed by atoms with Crippen LogP contribution in [0.1, 0.15) is 32.1 Å². The predicted octanol–water partition coefficient (Wildman–Crippen LogP) is 2.37. The third kappa shape index (κ3) is 2.57. The van der Waals surface area contributed by atoms with Crippen molar-refractivity contribution in [1.82, 2.24) is 0 Å². The normalized spacial score (nSPS) is 22.2. The van der Waals surface area contributed by atoms with Crippen LogP contribution in [0.25, 0.3) is 0 Å². The SMILES string of the molecule is COP(=O)(OC)[C@H](O)C1CCCCC1. The van der Waals surface area contributed by atoms with Crippen LogP contribution in [0, 0.1) is 5.92 Å². The van der Waals surface area contributed by atoms with Crippen molar-refractivity contribution in [3.05, 3.63) is 0 Å². The van der Waals surface area contributed by atoms with Crippen LogP contribution in [0.15, 0.2) is 0 Å². The molecule has 0 aromatic heterocycles. The van der Waals surface area contributed by atoms with Crippen molar-refractivity contribution >= 4 is 7.60 Å². The Balaban J connectivity index is 2.61. The van der Waals surface area contributed by atoms with Crippen molar-refractivity contribution < 1.29 is 18.7 Å². The number of aliphatic hydroxyl groups excluding tert-OH is 1. The van der Waals surface area contributed by atoms with Crippen LogP contribution in [0.5, 0.6) is 0 Å². The van der Waals surface area contributed by atoms with Crippen LogP contribution in [0.2, 0.25) is 0 Å². The maximum atomic E-state index is 11.9. The summed E-state index contributed by atoms with van der Waals surface area (Å²) in [5, 5.41) is 9.88. The fourth-order valence-corrected chi connectivity index (χ4v) is 3.38. The van der Waals surface area contributed by atoms with Gasteiger partial charge in [-0.1, -0.05) is 19.3 Å². The summed E-state index contributed by atoms with van der Waals surface area (Å²) in [6.07, 6.45) is 5.22. The summed E-state index contributed by atoms with van der Waals surface area (Å²) in [6, 6.07) is 0. The average molecular weight is 222 g/mol. The van der Waals surface area contributed by atoms with Gasteiger partial charge in [0, 0.05) is 14.2 Å². The Bertz CT molecular complexity index is 205. The standard InChI is InChI=1S/C9H19O4P/c1-12-14(11,13-2)9(10)8-6-4-3-5-7-8/h8-10H,3-7H2,1-2H3/t9-/m0/s1. The van der Waals surface area contributed by atoms with E-state index in [1.807, 2.05) is 0 Å². The first kappa shape index (κ1) is 12.2. The van der Waals surface area contributed by atoms with E-state index in [9.17, 15) is 9.67 Å². The van der Waals surface area contributed by atoms with Crippen molar-refractivity contribution in [3.63, 3.8) is 0 Å². The van der Waals surface area contributed by atoms with Gasteiger partial charge in [-0.05, 0) is 18.8 Å². The molecule has 0 aromatic rings. The molecule has 1 atom stereocenters. The molecule has 1 saturated carbocycles. The fraction of sp³-hybridized carbons (Fsp3) is 1.00. The zero-order valence-corrected chi connectivity index (χ0v) is 9.70. The monoisotopic (exact) mass is 222 g/mol. The van der Waals surface area contributed by atoms with Gasteiger partial charge in [0.2, 0.25) is 0 Å². The molecule has 1 fully saturated rings. The lowest BCUT2D eigenvalue weighted by Gasteiger charge is -2.29. The van der Waals surface area contributed by atoms with Crippen molar-refractivity contribution in [1.29, 1.82) is 0 Å². The summed E-state index contributed by atoms with van der Waals surface area (Å²) in [7, 11) is -0.654. The van der Waals surface area contributed by atoms with Crippen LogP contribution in [0.4, 0.5) is 0 Å². The first-order valence-corrected chi connectivity index (χ1v) is 6.64. The number of rotatable bonds is 4. The third-order valence-electron chi connectivity index (χ3n) is 2.90. The van der Waals surface area contributed by atoms with Crippen LogP contribution in [-0.4, -0.2) is 25.2 Å². The average Bonchev–Trinajstić information content (AvgIpc) is 2.28. The highest BCUT2D eigenvalue weighted by Gasteiger charge is 2.38. The second-order valence-electron chi connectivity index (χ2n) is 3.72. The zero-order valence-electron chi connectivity index (χ0n) is 8.81. The van der Waals surface area contributed by atoms with Crippen LogP contribution in [0.3, 0.4) is 0 Å². The topological polar surface area (TPSA) is 55.8 Å².